The number of hydrogen-bond donors (Lipinski definition) is 1. The van der Waals surface area contributed by atoms with Crippen molar-refractivity contribution in [3.63, 3.8) is 0 Å². The van der Waals surface area contributed by atoms with Gasteiger partial charge < -0.3 is 4.98 Å². The molecule has 0 bridgehead atoms. The van der Waals surface area contributed by atoms with Crippen molar-refractivity contribution in [2.24, 2.45) is 0 Å². The van der Waals surface area contributed by atoms with E-state index in [1.54, 1.807) is 4.98 Å². The van der Waals surface area contributed by atoms with Crippen LogP contribution in [0.1, 0.15) is 25.5 Å². The van der Waals surface area contributed by atoms with Crippen LogP contribution in [0, 0.1) is 0 Å². The van der Waals surface area contributed by atoms with E-state index in [9.17, 15) is 22.8 Å². The van der Waals surface area contributed by atoms with Gasteiger partial charge >= 0.3 is 11.9 Å². The lowest BCUT2D eigenvalue weighted by Crippen LogP contribution is -2.38. The Bertz CT molecular complexity index is 518. The summed E-state index contributed by atoms with van der Waals surface area (Å²) in [6.45, 7) is 1.87. The molecule has 0 unspecified atom stereocenters. The van der Waals surface area contributed by atoms with E-state index in [4.69, 9.17) is 11.6 Å². The first-order chi connectivity index (χ1) is 7.79. The molecule has 0 aliphatic heterocycles. The third-order valence-electron chi connectivity index (χ3n) is 2.15. The number of nitrogens with zero attached hydrogens (tertiary/aromatic N) is 1. The second-order valence-corrected chi connectivity index (χ2v) is 3.81. The van der Waals surface area contributed by atoms with Crippen LogP contribution in [0.4, 0.5) is 13.2 Å². The Kier molecular flexibility index (Phi) is 4.03. The first-order valence-corrected chi connectivity index (χ1v) is 5.26. The van der Waals surface area contributed by atoms with Gasteiger partial charge in [-0.1, -0.05) is 24.9 Å². The van der Waals surface area contributed by atoms with E-state index in [-0.39, 0.29) is 6.54 Å². The van der Waals surface area contributed by atoms with Crippen molar-refractivity contribution in [3.8, 4) is 0 Å². The minimum atomic E-state index is -4.85. The largest absolute Gasteiger partial charge is 0.433 e. The maximum absolute atomic E-state index is 12.4. The third-order valence-corrected chi connectivity index (χ3v) is 2.50. The molecule has 8 heteroatoms. The SMILES string of the molecule is CCCCn1c(=O)[nH]c(C(F)(F)F)c(Cl)c1=O. The highest BCUT2D eigenvalue weighted by Crippen LogP contribution is 2.30. The van der Waals surface area contributed by atoms with Crippen molar-refractivity contribution in [1.82, 2.24) is 9.55 Å². The molecule has 17 heavy (non-hydrogen) atoms. The summed E-state index contributed by atoms with van der Waals surface area (Å²) in [6.07, 6.45) is -3.64. The zero-order valence-corrected chi connectivity index (χ0v) is 9.65. The molecule has 4 nitrogen and oxygen atoms in total. The lowest BCUT2D eigenvalue weighted by atomic mass is 10.3. The summed E-state index contributed by atoms with van der Waals surface area (Å²) in [4.78, 5) is 24.4. The van der Waals surface area contributed by atoms with Crippen LogP contribution in [0.25, 0.3) is 0 Å². The number of halogens is 4. The molecule has 1 rings (SSSR count). The topological polar surface area (TPSA) is 54.9 Å². The Morgan fingerprint density at radius 1 is 1.35 bits per heavy atom. The van der Waals surface area contributed by atoms with E-state index >= 15 is 0 Å². The molecule has 0 atom stereocenters. The van der Waals surface area contributed by atoms with Crippen LogP contribution in [-0.4, -0.2) is 9.55 Å². The Labute approximate surface area is 99.0 Å². The number of aromatic nitrogens is 2. The standard InChI is InChI=1S/C9H10ClF3N2O2/c1-2-3-4-15-7(16)5(10)6(9(11,12)13)14-8(15)17/h2-4H2,1H3,(H,14,17). The average molecular weight is 271 g/mol. The fourth-order valence-electron chi connectivity index (χ4n) is 1.26. The van der Waals surface area contributed by atoms with Crippen molar-refractivity contribution in [3.05, 3.63) is 31.6 Å². The van der Waals surface area contributed by atoms with E-state index in [2.05, 4.69) is 0 Å². The lowest BCUT2D eigenvalue weighted by Gasteiger charge is -2.10. The normalized spacial score (nSPS) is 11.8. The van der Waals surface area contributed by atoms with E-state index < -0.39 is 28.1 Å². The molecule has 1 aromatic heterocycles. The maximum Gasteiger partial charge on any atom is 0.433 e. The van der Waals surface area contributed by atoms with Gasteiger partial charge in [0.25, 0.3) is 5.56 Å². The Morgan fingerprint density at radius 2 is 1.94 bits per heavy atom. The smallest absolute Gasteiger partial charge is 0.302 e. The molecule has 1 aromatic rings. The minimum Gasteiger partial charge on any atom is -0.302 e. The second kappa shape index (κ2) is 4.95. The molecule has 0 aliphatic carbocycles. The van der Waals surface area contributed by atoms with Gasteiger partial charge in [-0.2, -0.15) is 13.2 Å². The number of alkyl halides is 3. The number of H-pyrrole nitrogens is 1. The van der Waals surface area contributed by atoms with Gasteiger partial charge in [0, 0.05) is 6.54 Å². The van der Waals surface area contributed by atoms with E-state index in [1.165, 1.54) is 0 Å². The maximum atomic E-state index is 12.4. The van der Waals surface area contributed by atoms with Crippen LogP contribution in [0.15, 0.2) is 9.59 Å². The van der Waals surface area contributed by atoms with Crippen LogP contribution in [0.3, 0.4) is 0 Å². The van der Waals surface area contributed by atoms with Gasteiger partial charge in [0.2, 0.25) is 0 Å². The Hall–Kier alpha value is -1.24. The number of hydrogen-bond acceptors (Lipinski definition) is 2. The highest BCUT2D eigenvalue weighted by Gasteiger charge is 2.36. The van der Waals surface area contributed by atoms with E-state index in [0.29, 0.717) is 17.4 Å². The van der Waals surface area contributed by atoms with Gasteiger partial charge in [0.05, 0.1) is 0 Å². The van der Waals surface area contributed by atoms with Crippen LogP contribution in [-0.2, 0) is 12.7 Å². The number of nitrogens with one attached hydrogen (secondary N) is 1. The fourth-order valence-corrected chi connectivity index (χ4v) is 1.52. The lowest BCUT2D eigenvalue weighted by molar-refractivity contribution is -0.141. The molecule has 0 saturated carbocycles. The molecule has 1 heterocycles. The summed E-state index contributed by atoms with van der Waals surface area (Å²) in [5.74, 6) is 0. The minimum absolute atomic E-state index is 0.0442. The second-order valence-electron chi connectivity index (χ2n) is 3.43. The average Bonchev–Trinajstić information content (AvgIpc) is 2.22. The highest BCUT2D eigenvalue weighted by atomic mass is 35.5. The van der Waals surface area contributed by atoms with Crippen molar-refractivity contribution >= 4 is 11.6 Å². The summed E-state index contributed by atoms with van der Waals surface area (Å²) in [6, 6.07) is 0. The summed E-state index contributed by atoms with van der Waals surface area (Å²) in [5, 5.41) is -1.01. The molecule has 96 valence electrons. The summed E-state index contributed by atoms with van der Waals surface area (Å²) >= 11 is 5.31. The molecule has 0 aliphatic rings. The van der Waals surface area contributed by atoms with Crippen molar-refractivity contribution in [1.29, 1.82) is 0 Å². The molecule has 1 N–H and O–H groups in total. The molecule has 0 amide bonds. The monoisotopic (exact) mass is 270 g/mol. The van der Waals surface area contributed by atoms with Crippen LogP contribution >= 0.6 is 11.6 Å². The summed E-state index contributed by atoms with van der Waals surface area (Å²) in [7, 11) is 0. The number of aromatic amines is 1. The highest BCUT2D eigenvalue weighted by molar-refractivity contribution is 6.31. The number of unbranched alkanes of at least 4 members (excludes halogenated alkanes) is 1. The van der Waals surface area contributed by atoms with Gasteiger partial charge in [-0.25, -0.2) is 4.79 Å². The van der Waals surface area contributed by atoms with E-state index in [0.717, 1.165) is 0 Å². The van der Waals surface area contributed by atoms with Gasteiger partial charge in [0.1, 0.15) is 10.7 Å². The van der Waals surface area contributed by atoms with Gasteiger partial charge in [-0.3, -0.25) is 9.36 Å². The molecule has 0 aromatic carbocycles. The zero-order valence-electron chi connectivity index (χ0n) is 8.90. The van der Waals surface area contributed by atoms with Gasteiger partial charge in [0.15, 0.2) is 0 Å². The Morgan fingerprint density at radius 3 is 2.41 bits per heavy atom. The van der Waals surface area contributed by atoms with Crippen LogP contribution < -0.4 is 11.2 Å². The summed E-state index contributed by atoms with van der Waals surface area (Å²) < 4.78 is 37.8. The molecular weight excluding hydrogens is 261 g/mol. The quantitative estimate of drug-likeness (QED) is 0.913. The first kappa shape index (κ1) is 13.8. The van der Waals surface area contributed by atoms with E-state index in [1.807, 2.05) is 6.92 Å². The van der Waals surface area contributed by atoms with Gasteiger partial charge in [-0.05, 0) is 6.42 Å². The predicted molar refractivity (Wildman–Crippen MR) is 56.2 cm³/mol. The van der Waals surface area contributed by atoms with Crippen molar-refractivity contribution in [2.75, 3.05) is 0 Å². The Balaban J connectivity index is 3.38. The van der Waals surface area contributed by atoms with Crippen molar-refractivity contribution < 1.29 is 13.2 Å². The van der Waals surface area contributed by atoms with Crippen LogP contribution in [0.5, 0.6) is 0 Å². The number of rotatable bonds is 3. The molecule has 0 spiro atoms. The summed E-state index contributed by atoms with van der Waals surface area (Å²) in [5.41, 5.74) is -3.71. The first-order valence-electron chi connectivity index (χ1n) is 4.88. The third kappa shape index (κ3) is 2.91. The zero-order chi connectivity index (χ0) is 13.2. The molecule has 0 saturated heterocycles. The molecule has 0 radical (unpaired) electrons. The molecule has 0 fully saturated rings. The van der Waals surface area contributed by atoms with Crippen LogP contribution in [0.2, 0.25) is 5.02 Å². The predicted octanol–water partition coefficient (Wildman–Crippen LogP) is 2.01. The fraction of sp³-hybridized carbons (Fsp3) is 0.556. The van der Waals surface area contributed by atoms with Gasteiger partial charge in [-0.15, -0.1) is 0 Å². The molecular formula is C9H10ClF3N2O2. The van der Waals surface area contributed by atoms with Crippen molar-refractivity contribution in [2.45, 2.75) is 32.5 Å².